The van der Waals surface area contributed by atoms with E-state index in [2.05, 4.69) is 59.2 Å². The van der Waals surface area contributed by atoms with Crippen molar-refractivity contribution in [2.45, 2.75) is 25.2 Å². The highest BCUT2D eigenvalue weighted by Gasteiger charge is 2.43. The molecule has 35 heavy (non-hydrogen) atoms. The van der Waals surface area contributed by atoms with Gasteiger partial charge in [0.05, 0.1) is 10.7 Å². The Morgan fingerprint density at radius 3 is 1.94 bits per heavy atom. The van der Waals surface area contributed by atoms with Crippen LogP contribution in [0.5, 0.6) is 0 Å². The maximum absolute atomic E-state index is 13.9. The molecule has 0 N–H and O–H groups in total. The summed E-state index contributed by atoms with van der Waals surface area (Å²) in [6.07, 6.45) is 1.66. The first-order chi connectivity index (χ1) is 17.0. The number of halogens is 1. The zero-order chi connectivity index (χ0) is 24.8. The number of carbonyl (C=O) groups excluding carboxylic acids is 1. The molecule has 4 nitrogen and oxygen atoms in total. The average molecular weight is 490 g/mol. The molecule has 0 atom stereocenters. The molecule has 0 saturated carbocycles. The predicted molar refractivity (Wildman–Crippen MR) is 146 cm³/mol. The number of likely N-dealkylation sites (N-methyl/N-ethyl adjacent to an activating group) is 1. The van der Waals surface area contributed by atoms with E-state index in [0.717, 1.165) is 67.4 Å². The van der Waals surface area contributed by atoms with Crippen LogP contribution in [0.25, 0.3) is 0 Å². The highest BCUT2D eigenvalue weighted by Crippen LogP contribution is 2.38. The molecule has 184 valence electrons. The Morgan fingerprint density at radius 2 is 1.43 bits per heavy atom. The number of anilines is 1. The standard InChI is InChI=1S/C30H36ClN3O/c1-4-24-12-11-17-27(28(24)31)34-22-20-33(21-23-34)19-18-30(29(35)32(2)3,25-13-7-5-8-14-25)26-15-9-6-10-16-26/h5-17H,4,18-23H2,1-3H3. The van der Waals surface area contributed by atoms with Crippen molar-refractivity contribution in [2.24, 2.45) is 0 Å². The average Bonchev–Trinajstić information content (AvgIpc) is 2.90. The number of hydrogen-bond donors (Lipinski definition) is 0. The Hall–Kier alpha value is -2.82. The summed E-state index contributed by atoms with van der Waals surface area (Å²) in [6, 6.07) is 26.9. The Morgan fingerprint density at radius 1 is 0.857 bits per heavy atom. The number of benzene rings is 3. The molecule has 1 heterocycles. The van der Waals surface area contributed by atoms with Gasteiger partial charge in [-0.15, -0.1) is 0 Å². The minimum Gasteiger partial charge on any atom is -0.368 e. The summed E-state index contributed by atoms with van der Waals surface area (Å²) in [4.78, 5) is 20.5. The SMILES string of the molecule is CCc1cccc(N2CCN(CCC(C(=O)N(C)C)(c3ccccc3)c3ccccc3)CC2)c1Cl. The maximum Gasteiger partial charge on any atom is 0.237 e. The first kappa shape index (κ1) is 25.3. The third-order valence-corrected chi connectivity index (χ3v) is 7.70. The molecular formula is C30H36ClN3O. The van der Waals surface area contributed by atoms with Crippen molar-refractivity contribution in [1.82, 2.24) is 9.80 Å². The fourth-order valence-electron chi connectivity index (χ4n) is 5.26. The minimum absolute atomic E-state index is 0.122. The lowest BCUT2D eigenvalue weighted by Gasteiger charge is -2.40. The normalized spacial score (nSPS) is 14.7. The summed E-state index contributed by atoms with van der Waals surface area (Å²) in [6.45, 7) is 6.74. The molecule has 0 spiro atoms. The molecule has 3 aromatic carbocycles. The lowest BCUT2D eigenvalue weighted by molar-refractivity contribution is -0.133. The fourth-order valence-corrected chi connectivity index (χ4v) is 5.64. The van der Waals surface area contributed by atoms with Crippen molar-refractivity contribution < 1.29 is 4.79 Å². The summed E-state index contributed by atoms with van der Waals surface area (Å²) in [5.74, 6) is 0.122. The van der Waals surface area contributed by atoms with Gasteiger partial charge < -0.3 is 9.80 Å². The monoisotopic (exact) mass is 489 g/mol. The Bertz CT molecular complexity index is 1070. The van der Waals surface area contributed by atoms with Crippen LogP contribution in [-0.2, 0) is 16.6 Å². The topological polar surface area (TPSA) is 26.8 Å². The molecule has 1 fully saturated rings. The van der Waals surface area contributed by atoms with E-state index in [-0.39, 0.29) is 5.91 Å². The Balaban J connectivity index is 1.55. The molecule has 4 rings (SSSR count). The van der Waals surface area contributed by atoms with Crippen LogP contribution in [-0.4, -0.2) is 62.5 Å². The Labute approximate surface area is 215 Å². The molecule has 0 bridgehead atoms. The molecule has 0 radical (unpaired) electrons. The molecule has 3 aromatic rings. The summed E-state index contributed by atoms with van der Waals surface area (Å²) in [7, 11) is 3.71. The number of carbonyl (C=O) groups is 1. The van der Waals surface area contributed by atoms with Crippen LogP contribution in [0.3, 0.4) is 0 Å². The number of hydrogen-bond acceptors (Lipinski definition) is 3. The molecule has 1 aliphatic heterocycles. The Kier molecular flexibility index (Phi) is 8.15. The zero-order valence-electron chi connectivity index (χ0n) is 21.1. The summed E-state index contributed by atoms with van der Waals surface area (Å²) in [5, 5.41) is 0.882. The van der Waals surface area contributed by atoms with Gasteiger partial charge in [-0.1, -0.05) is 91.3 Å². The summed E-state index contributed by atoms with van der Waals surface area (Å²) >= 11 is 6.70. The molecule has 5 heteroatoms. The highest BCUT2D eigenvalue weighted by atomic mass is 35.5. The second-order valence-corrected chi connectivity index (χ2v) is 9.90. The number of aryl methyl sites for hydroxylation is 1. The van der Waals surface area contributed by atoms with E-state index in [9.17, 15) is 4.79 Å². The van der Waals surface area contributed by atoms with Gasteiger partial charge in [0, 0.05) is 40.3 Å². The van der Waals surface area contributed by atoms with Gasteiger partial charge in [0.25, 0.3) is 0 Å². The number of piperazine rings is 1. The van der Waals surface area contributed by atoms with Gasteiger partial charge in [0.2, 0.25) is 5.91 Å². The first-order valence-corrected chi connectivity index (χ1v) is 12.9. The third-order valence-electron chi connectivity index (χ3n) is 7.26. The predicted octanol–water partition coefficient (Wildman–Crippen LogP) is 5.49. The summed E-state index contributed by atoms with van der Waals surface area (Å²) < 4.78 is 0. The van der Waals surface area contributed by atoms with Crippen LogP contribution < -0.4 is 4.90 Å². The van der Waals surface area contributed by atoms with Crippen LogP contribution in [0.4, 0.5) is 5.69 Å². The lowest BCUT2D eigenvalue weighted by Crippen LogP contribution is -2.50. The van der Waals surface area contributed by atoms with Gasteiger partial charge in [0.1, 0.15) is 5.41 Å². The van der Waals surface area contributed by atoms with Crippen molar-refractivity contribution >= 4 is 23.2 Å². The van der Waals surface area contributed by atoms with E-state index < -0.39 is 5.41 Å². The number of amides is 1. The van der Waals surface area contributed by atoms with Crippen LogP contribution in [0, 0.1) is 0 Å². The lowest BCUT2D eigenvalue weighted by atomic mass is 9.70. The van der Waals surface area contributed by atoms with Crippen molar-refractivity contribution in [3.8, 4) is 0 Å². The van der Waals surface area contributed by atoms with Gasteiger partial charge >= 0.3 is 0 Å². The summed E-state index contributed by atoms with van der Waals surface area (Å²) in [5.41, 5.74) is 3.71. The van der Waals surface area contributed by atoms with Crippen molar-refractivity contribution in [2.75, 3.05) is 51.7 Å². The van der Waals surface area contributed by atoms with Crippen LogP contribution in [0.1, 0.15) is 30.0 Å². The fraction of sp³-hybridized carbons (Fsp3) is 0.367. The largest absolute Gasteiger partial charge is 0.368 e. The quantitative estimate of drug-likeness (QED) is 0.418. The van der Waals surface area contributed by atoms with E-state index in [1.807, 2.05) is 50.5 Å². The van der Waals surface area contributed by atoms with Gasteiger partial charge in [-0.05, 0) is 42.1 Å². The molecule has 1 saturated heterocycles. The molecule has 0 aromatic heterocycles. The molecular weight excluding hydrogens is 454 g/mol. The van der Waals surface area contributed by atoms with Crippen molar-refractivity contribution in [3.05, 3.63) is 101 Å². The molecule has 1 aliphatic rings. The number of nitrogens with zero attached hydrogens (tertiary/aromatic N) is 3. The second-order valence-electron chi connectivity index (χ2n) is 9.52. The van der Waals surface area contributed by atoms with E-state index in [1.165, 1.54) is 5.56 Å². The van der Waals surface area contributed by atoms with Crippen molar-refractivity contribution in [1.29, 1.82) is 0 Å². The van der Waals surface area contributed by atoms with Gasteiger partial charge in [-0.25, -0.2) is 0 Å². The van der Waals surface area contributed by atoms with E-state index in [4.69, 9.17) is 11.6 Å². The first-order valence-electron chi connectivity index (χ1n) is 12.5. The number of rotatable bonds is 8. The van der Waals surface area contributed by atoms with E-state index in [0.29, 0.717) is 0 Å². The molecule has 1 amide bonds. The van der Waals surface area contributed by atoms with Crippen molar-refractivity contribution in [3.63, 3.8) is 0 Å². The zero-order valence-corrected chi connectivity index (χ0v) is 21.8. The van der Waals surface area contributed by atoms with Gasteiger partial charge in [-0.2, -0.15) is 0 Å². The smallest absolute Gasteiger partial charge is 0.237 e. The molecule has 0 unspecified atom stereocenters. The van der Waals surface area contributed by atoms with Gasteiger partial charge in [0.15, 0.2) is 0 Å². The third kappa shape index (κ3) is 5.24. The molecule has 0 aliphatic carbocycles. The minimum atomic E-state index is -0.720. The highest BCUT2D eigenvalue weighted by molar-refractivity contribution is 6.34. The van der Waals surface area contributed by atoms with Crippen LogP contribution >= 0.6 is 11.6 Å². The van der Waals surface area contributed by atoms with E-state index in [1.54, 1.807) is 4.90 Å². The van der Waals surface area contributed by atoms with Gasteiger partial charge in [-0.3, -0.25) is 9.69 Å². The van der Waals surface area contributed by atoms with Crippen LogP contribution in [0.2, 0.25) is 5.02 Å². The van der Waals surface area contributed by atoms with Crippen LogP contribution in [0.15, 0.2) is 78.9 Å². The second kappa shape index (κ2) is 11.3. The maximum atomic E-state index is 13.9. The van der Waals surface area contributed by atoms with E-state index >= 15 is 0 Å².